The quantitative estimate of drug-likeness (QED) is 0.176. The molecule has 3 heterocycles. The van der Waals surface area contributed by atoms with Crippen molar-refractivity contribution >= 4 is 0 Å². The highest BCUT2D eigenvalue weighted by molar-refractivity contribution is 6.00. The van der Waals surface area contributed by atoms with Gasteiger partial charge in [-0.2, -0.15) is 0 Å². The fourth-order valence-corrected chi connectivity index (χ4v) is 9.43. The standard InChI is InChI=1S/C54H37N3O/c1-34-32-49(36-16-4-3-5-17-36)57-53(56-34)44-24-14-29-48-52(44)58-50-30-11-10-27-46(50)54(48)45-26-9-8-22-43(45)51-42(23-13-28-47(51)54)41-21-7-6-20-40(41)38-19-12-18-37(33-38)39-25-15-31-55-35(39)2/h3-33H,1-2H3. The molecule has 4 heteroatoms. The Bertz CT molecular complexity index is 3080. The maximum absolute atomic E-state index is 7.03. The first-order valence-corrected chi connectivity index (χ1v) is 19.8. The van der Waals surface area contributed by atoms with Crippen LogP contribution in [-0.2, 0) is 5.41 Å². The smallest absolute Gasteiger partial charge is 0.163 e. The molecule has 0 saturated carbocycles. The van der Waals surface area contributed by atoms with Crippen LogP contribution in [0.15, 0.2) is 188 Å². The van der Waals surface area contributed by atoms with Crippen molar-refractivity contribution in [3.05, 3.63) is 222 Å². The molecule has 0 saturated heterocycles. The van der Waals surface area contributed by atoms with Crippen molar-refractivity contribution < 1.29 is 4.74 Å². The van der Waals surface area contributed by atoms with Crippen LogP contribution in [-0.4, -0.2) is 15.0 Å². The summed E-state index contributed by atoms with van der Waals surface area (Å²) in [6.45, 7) is 4.10. The zero-order chi connectivity index (χ0) is 38.8. The largest absolute Gasteiger partial charge is 0.456 e. The second kappa shape index (κ2) is 13.4. The zero-order valence-electron chi connectivity index (χ0n) is 32.1. The Morgan fingerprint density at radius 3 is 1.86 bits per heavy atom. The van der Waals surface area contributed by atoms with E-state index in [9.17, 15) is 0 Å². The van der Waals surface area contributed by atoms with Gasteiger partial charge in [0.25, 0.3) is 0 Å². The summed E-state index contributed by atoms with van der Waals surface area (Å²) in [5.41, 5.74) is 18.1. The second-order valence-electron chi connectivity index (χ2n) is 15.2. The summed E-state index contributed by atoms with van der Waals surface area (Å²) < 4.78 is 7.03. The lowest BCUT2D eigenvalue weighted by atomic mass is 9.65. The molecule has 0 fully saturated rings. The molecular formula is C54H37N3O. The van der Waals surface area contributed by atoms with Gasteiger partial charge in [0.2, 0.25) is 0 Å². The molecule has 274 valence electrons. The van der Waals surface area contributed by atoms with Crippen LogP contribution in [0.1, 0.15) is 33.6 Å². The first-order valence-electron chi connectivity index (χ1n) is 19.8. The maximum atomic E-state index is 7.03. The third-order valence-electron chi connectivity index (χ3n) is 11.9. The van der Waals surface area contributed by atoms with Gasteiger partial charge in [-0.3, -0.25) is 4.98 Å². The van der Waals surface area contributed by atoms with Gasteiger partial charge in [0.15, 0.2) is 5.82 Å². The van der Waals surface area contributed by atoms with Gasteiger partial charge in [-0.25, -0.2) is 9.97 Å². The number of fused-ring (bicyclic) bond motifs is 9. The zero-order valence-corrected chi connectivity index (χ0v) is 32.1. The molecule has 7 aromatic carbocycles. The van der Waals surface area contributed by atoms with Crippen LogP contribution in [0.2, 0.25) is 0 Å². The Morgan fingerprint density at radius 1 is 0.431 bits per heavy atom. The molecule has 1 unspecified atom stereocenters. The van der Waals surface area contributed by atoms with Crippen molar-refractivity contribution in [3.8, 4) is 78.7 Å². The highest BCUT2D eigenvalue weighted by atomic mass is 16.5. The molecular weight excluding hydrogens is 707 g/mol. The van der Waals surface area contributed by atoms with Gasteiger partial charge in [0.05, 0.1) is 16.7 Å². The van der Waals surface area contributed by atoms with Crippen LogP contribution in [0.4, 0.5) is 0 Å². The Kier molecular flexibility index (Phi) is 7.80. The van der Waals surface area contributed by atoms with Crippen molar-refractivity contribution in [2.45, 2.75) is 19.3 Å². The Hall–Kier alpha value is -7.43. The number of pyridine rings is 1. The van der Waals surface area contributed by atoms with Crippen LogP contribution >= 0.6 is 0 Å². The lowest BCUT2D eigenvalue weighted by molar-refractivity contribution is 0.437. The van der Waals surface area contributed by atoms with E-state index in [1.807, 2.05) is 43.5 Å². The normalized spacial score (nSPS) is 14.6. The molecule has 4 nitrogen and oxygen atoms in total. The molecule has 0 bridgehead atoms. The van der Waals surface area contributed by atoms with Crippen LogP contribution in [0.3, 0.4) is 0 Å². The number of rotatable bonds is 5. The number of nitrogens with zero attached hydrogens (tertiary/aromatic N) is 3. The SMILES string of the molecule is Cc1cc(-c2ccccc2)nc(-c2cccc3c2Oc2ccccc2C32c3ccccc3-c3c(-c4ccccc4-c4cccc(-c5cccnc5C)c4)cccc32)n1. The minimum atomic E-state index is -0.666. The average Bonchev–Trinajstić information content (AvgIpc) is 3.57. The predicted molar refractivity (Wildman–Crippen MR) is 234 cm³/mol. The van der Waals surface area contributed by atoms with Crippen LogP contribution in [0.5, 0.6) is 11.5 Å². The van der Waals surface area contributed by atoms with Crippen LogP contribution in [0.25, 0.3) is 67.2 Å². The summed E-state index contributed by atoms with van der Waals surface area (Å²) >= 11 is 0. The van der Waals surface area contributed by atoms with E-state index in [0.29, 0.717) is 5.82 Å². The van der Waals surface area contributed by atoms with Gasteiger partial charge >= 0.3 is 0 Å². The van der Waals surface area contributed by atoms with Gasteiger partial charge in [-0.1, -0.05) is 152 Å². The van der Waals surface area contributed by atoms with Crippen LogP contribution < -0.4 is 4.74 Å². The topological polar surface area (TPSA) is 47.9 Å². The van der Waals surface area contributed by atoms with E-state index in [1.54, 1.807) is 0 Å². The van der Waals surface area contributed by atoms with E-state index >= 15 is 0 Å². The molecule has 58 heavy (non-hydrogen) atoms. The molecule has 0 N–H and O–H groups in total. The second-order valence-corrected chi connectivity index (χ2v) is 15.2. The molecule has 1 aliphatic heterocycles. The third kappa shape index (κ3) is 5.12. The Labute approximate surface area is 338 Å². The monoisotopic (exact) mass is 743 g/mol. The van der Waals surface area contributed by atoms with Gasteiger partial charge < -0.3 is 4.74 Å². The van der Waals surface area contributed by atoms with Crippen molar-refractivity contribution in [3.63, 3.8) is 0 Å². The van der Waals surface area contributed by atoms with Crippen molar-refractivity contribution in [2.24, 2.45) is 0 Å². The number of para-hydroxylation sites is 2. The van der Waals surface area contributed by atoms with E-state index < -0.39 is 5.41 Å². The fourth-order valence-electron chi connectivity index (χ4n) is 9.43. The van der Waals surface area contributed by atoms with Gasteiger partial charge in [0, 0.05) is 39.8 Å². The lowest BCUT2D eigenvalue weighted by Gasteiger charge is -2.40. The summed E-state index contributed by atoms with van der Waals surface area (Å²) in [5, 5.41) is 0. The van der Waals surface area contributed by atoms with Crippen molar-refractivity contribution in [1.82, 2.24) is 15.0 Å². The van der Waals surface area contributed by atoms with Gasteiger partial charge in [0.1, 0.15) is 11.5 Å². The molecule has 2 aliphatic rings. The molecule has 11 rings (SSSR count). The molecule has 0 amide bonds. The minimum Gasteiger partial charge on any atom is -0.456 e. The summed E-state index contributed by atoms with van der Waals surface area (Å²) in [7, 11) is 0. The van der Waals surface area contributed by atoms with E-state index in [2.05, 4.69) is 164 Å². The highest BCUT2D eigenvalue weighted by Gasteiger charge is 2.52. The number of aryl methyl sites for hydroxylation is 2. The first kappa shape index (κ1) is 33.9. The molecule has 0 radical (unpaired) electrons. The number of hydrogen-bond acceptors (Lipinski definition) is 4. The third-order valence-corrected chi connectivity index (χ3v) is 11.9. The molecule has 9 aromatic rings. The fraction of sp³-hybridized carbons (Fsp3) is 0.0556. The number of aromatic nitrogens is 3. The van der Waals surface area contributed by atoms with E-state index in [4.69, 9.17) is 14.7 Å². The summed E-state index contributed by atoms with van der Waals surface area (Å²) in [6.07, 6.45) is 1.85. The number of benzene rings is 7. The van der Waals surface area contributed by atoms with Crippen molar-refractivity contribution in [1.29, 1.82) is 0 Å². The Morgan fingerprint density at radius 2 is 1.03 bits per heavy atom. The molecule has 1 aliphatic carbocycles. The lowest BCUT2D eigenvalue weighted by Crippen LogP contribution is -2.32. The molecule has 2 aromatic heterocycles. The van der Waals surface area contributed by atoms with Crippen LogP contribution in [0, 0.1) is 13.8 Å². The summed E-state index contributed by atoms with van der Waals surface area (Å²) in [6, 6.07) is 64.9. The Balaban J connectivity index is 1.16. The number of ether oxygens (including phenoxy) is 1. The summed E-state index contributed by atoms with van der Waals surface area (Å²) in [4.78, 5) is 14.8. The van der Waals surface area contributed by atoms with E-state index in [-0.39, 0.29) is 0 Å². The minimum absolute atomic E-state index is 0.642. The first-order chi connectivity index (χ1) is 28.6. The molecule has 1 spiro atoms. The van der Waals surface area contributed by atoms with E-state index in [0.717, 1.165) is 67.5 Å². The van der Waals surface area contributed by atoms with Crippen molar-refractivity contribution in [2.75, 3.05) is 0 Å². The molecule has 1 atom stereocenters. The number of hydrogen-bond donors (Lipinski definition) is 0. The average molecular weight is 744 g/mol. The maximum Gasteiger partial charge on any atom is 0.163 e. The summed E-state index contributed by atoms with van der Waals surface area (Å²) in [5.74, 6) is 2.25. The van der Waals surface area contributed by atoms with E-state index in [1.165, 1.54) is 38.9 Å². The van der Waals surface area contributed by atoms with Gasteiger partial charge in [-0.15, -0.1) is 0 Å². The van der Waals surface area contributed by atoms with Gasteiger partial charge in [-0.05, 0) is 94.3 Å². The highest BCUT2D eigenvalue weighted by Crippen LogP contribution is 2.64. The predicted octanol–water partition coefficient (Wildman–Crippen LogP) is 13.3.